The predicted octanol–water partition coefficient (Wildman–Crippen LogP) is 3.94. The first-order valence-corrected chi connectivity index (χ1v) is 7.09. The normalized spacial score (nSPS) is 11.2. The lowest BCUT2D eigenvalue weighted by molar-refractivity contribution is 0.628. The van der Waals surface area contributed by atoms with E-state index in [9.17, 15) is 4.39 Å². The van der Waals surface area contributed by atoms with Crippen LogP contribution in [0.5, 0.6) is 0 Å². The molecule has 3 rings (SSSR count). The molecule has 0 aliphatic rings. The van der Waals surface area contributed by atoms with Crippen LogP contribution in [0, 0.1) is 17.5 Å². The molecule has 1 heterocycles. The van der Waals surface area contributed by atoms with Crippen LogP contribution in [0.4, 0.5) is 4.39 Å². The van der Waals surface area contributed by atoms with Gasteiger partial charge >= 0.3 is 0 Å². The van der Waals surface area contributed by atoms with Crippen LogP contribution >= 0.6 is 12.2 Å². The van der Waals surface area contributed by atoms with E-state index < -0.39 is 0 Å². The zero-order valence-electron chi connectivity index (χ0n) is 11.8. The fraction of sp³-hybridized carbons (Fsp3) is 0.0625. The van der Waals surface area contributed by atoms with E-state index in [0.29, 0.717) is 16.2 Å². The van der Waals surface area contributed by atoms with Crippen molar-refractivity contribution in [3.8, 4) is 11.4 Å². The van der Waals surface area contributed by atoms with Crippen LogP contribution in [0.15, 0.2) is 53.6 Å². The summed E-state index contributed by atoms with van der Waals surface area (Å²) < 4.78 is 15.2. The highest BCUT2D eigenvalue weighted by Gasteiger charge is 2.08. The van der Waals surface area contributed by atoms with Crippen LogP contribution < -0.4 is 0 Å². The summed E-state index contributed by atoms with van der Waals surface area (Å²) in [6, 6.07) is 14.1. The number of aromatic amines is 1. The Bertz CT molecular complexity index is 895. The van der Waals surface area contributed by atoms with Crippen LogP contribution in [0.2, 0.25) is 0 Å². The van der Waals surface area contributed by atoms with Gasteiger partial charge in [0.1, 0.15) is 5.82 Å². The van der Waals surface area contributed by atoms with Gasteiger partial charge in [-0.1, -0.05) is 42.0 Å². The Kier molecular flexibility index (Phi) is 3.93. The van der Waals surface area contributed by atoms with Gasteiger partial charge in [0, 0.05) is 5.56 Å². The lowest BCUT2D eigenvalue weighted by atomic mass is 10.2. The number of halogens is 1. The van der Waals surface area contributed by atoms with Gasteiger partial charge in [0.2, 0.25) is 4.77 Å². The van der Waals surface area contributed by atoms with Gasteiger partial charge in [-0.25, -0.2) is 9.49 Å². The van der Waals surface area contributed by atoms with E-state index in [1.807, 2.05) is 31.2 Å². The Morgan fingerprint density at radius 3 is 2.82 bits per heavy atom. The molecule has 0 aliphatic heterocycles. The molecule has 0 aliphatic carbocycles. The first-order chi connectivity index (χ1) is 10.6. The number of aryl methyl sites for hydroxylation is 1. The minimum absolute atomic E-state index is 0.333. The van der Waals surface area contributed by atoms with Gasteiger partial charge in [-0.2, -0.15) is 14.9 Å². The lowest BCUT2D eigenvalue weighted by Crippen LogP contribution is -1.95. The SMILES string of the molecule is Cc1cccc(/C=N\n2c(-c3cccc(F)c3)n[nH]c2=S)c1. The number of hydrogen-bond donors (Lipinski definition) is 1. The fourth-order valence-electron chi connectivity index (χ4n) is 2.09. The fourth-order valence-corrected chi connectivity index (χ4v) is 2.27. The maximum atomic E-state index is 13.4. The molecule has 4 nitrogen and oxygen atoms in total. The molecule has 0 fully saturated rings. The third-order valence-corrected chi connectivity index (χ3v) is 3.36. The van der Waals surface area contributed by atoms with Gasteiger partial charge in [-0.3, -0.25) is 0 Å². The van der Waals surface area contributed by atoms with Crippen molar-refractivity contribution in [1.29, 1.82) is 0 Å². The summed E-state index contributed by atoms with van der Waals surface area (Å²) in [5.41, 5.74) is 2.70. The second-order valence-corrected chi connectivity index (χ2v) is 5.22. The summed E-state index contributed by atoms with van der Waals surface area (Å²) in [5.74, 6) is 0.133. The molecule has 0 amide bonds. The van der Waals surface area contributed by atoms with Gasteiger partial charge in [-0.05, 0) is 36.8 Å². The molecule has 1 N–H and O–H groups in total. The number of H-pyrrole nitrogens is 1. The quantitative estimate of drug-likeness (QED) is 0.588. The van der Waals surface area contributed by atoms with E-state index in [1.54, 1.807) is 18.3 Å². The number of benzene rings is 2. The average molecular weight is 312 g/mol. The molecule has 22 heavy (non-hydrogen) atoms. The van der Waals surface area contributed by atoms with Crippen LogP contribution in [-0.2, 0) is 0 Å². The summed E-state index contributed by atoms with van der Waals surface area (Å²) in [5, 5.41) is 11.2. The number of rotatable bonds is 3. The summed E-state index contributed by atoms with van der Waals surface area (Å²) in [4.78, 5) is 0. The maximum Gasteiger partial charge on any atom is 0.216 e. The van der Waals surface area contributed by atoms with Gasteiger partial charge in [0.25, 0.3) is 0 Å². The van der Waals surface area contributed by atoms with Gasteiger partial charge in [-0.15, -0.1) is 0 Å². The maximum absolute atomic E-state index is 13.4. The van der Waals surface area contributed by atoms with Crippen molar-refractivity contribution >= 4 is 18.4 Å². The minimum Gasteiger partial charge on any atom is -0.250 e. The molecule has 0 atom stereocenters. The first-order valence-electron chi connectivity index (χ1n) is 6.68. The van der Waals surface area contributed by atoms with Crippen LogP contribution in [0.1, 0.15) is 11.1 Å². The molecule has 2 aromatic carbocycles. The molecule has 110 valence electrons. The zero-order chi connectivity index (χ0) is 15.5. The molecule has 0 saturated carbocycles. The molecular weight excluding hydrogens is 299 g/mol. The average Bonchev–Trinajstić information content (AvgIpc) is 2.86. The second-order valence-electron chi connectivity index (χ2n) is 4.83. The van der Waals surface area contributed by atoms with Crippen molar-refractivity contribution in [2.45, 2.75) is 6.92 Å². The first kappa shape index (κ1) is 14.3. The summed E-state index contributed by atoms with van der Waals surface area (Å²) in [7, 11) is 0. The summed E-state index contributed by atoms with van der Waals surface area (Å²) >= 11 is 5.18. The highest BCUT2D eigenvalue weighted by atomic mass is 32.1. The van der Waals surface area contributed by atoms with Crippen LogP contribution in [-0.4, -0.2) is 21.1 Å². The minimum atomic E-state index is -0.333. The van der Waals surface area contributed by atoms with Crippen molar-refractivity contribution in [1.82, 2.24) is 14.9 Å². The predicted molar refractivity (Wildman–Crippen MR) is 87.0 cm³/mol. The number of nitrogens with zero attached hydrogens (tertiary/aromatic N) is 3. The third kappa shape index (κ3) is 3.01. The van der Waals surface area contributed by atoms with Crippen molar-refractivity contribution in [2.75, 3.05) is 0 Å². The molecule has 0 saturated heterocycles. The highest BCUT2D eigenvalue weighted by molar-refractivity contribution is 7.71. The topological polar surface area (TPSA) is 46.0 Å². The number of nitrogens with one attached hydrogen (secondary N) is 1. The second kappa shape index (κ2) is 6.03. The molecule has 6 heteroatoms. The van der Waals surface area contributed by atoms with E-state index >= 15 is 0 Å². The van der Waals surface area contributed by atoms with E-state index in [2.05, 4.69) is 15.3 Å². The number of aromatic nitrogens is 3. The molecule has 0 radical (unpaired) electrons. The Morgan fingerprint density at radius 2 is 2.05 bits per heavy atom. The van der Waals surface area contributed by atoms with E-state index in [1.165, 1.54) is 16.8 Å². The van der Waals surface area contributed by atoms with Crippen LogP contribution in [0.25, 0.3) is 11.4 Å². The van der Waals surface area contributed by atoms with E-state index in [4.69, 9.17) is 12.2 Å². The smallest absolute Gasteiger partial charge is 0.216 e. The monoisotopic (exact) mass is 312 g/mol. The molecule has 1 aromatic heterocycles. The molecular formula is C16H13FN4S. The standard InChI is InChI=1S/C16H13FN4S/c1-11-4-2-5-12(8-11)10-18-21-15(19-20-16(21)22)13-6-3-7-14(17)9-13/h2-10H,1H3,(H,20,22)/b18-10-. The molecule has 0 bridgehead atoms. The van der Waals surface area contributed by atoms with Crippen molar-refractivity contribution in [3.05, 3.63) is 70.2 Å². The van der Waals surface area contributed by atoms with Crippen molar-refractivity contribution in [3.63, 3.8) is 0 Å². The summed E-state index contributed by atoms with van der Waals surface area (Å²) in [6.07, 6.45) is 1.70. The zero-order valence-corrected chi connectivity index (χ0v) is 12.6. The molecule has 0 unspecified atom stereocenters. The Balaban J connectivity index is 2.01. The highest BCUT2D eigenvalue weighted by Crippen LogP contribution is 2.18. The molecule has 0 spiro atoms. The van der Waals surface area contributed by atoms with Gasteiger partial charge < -0.3 is 0 Å². The third-order valence-electron chi connectivity index (χ3n) is 3.10. The van der Waals surface area contributed by atoms with Crippen molar-refractivity contribution in [2.24, 2.45) is 5.10 Å². The van der Waals surface area contributed by atoms with Crippen LogP contribution in [0.3, 0.4) is 0 Å². The lowest BCUT2D eigenvalue weighted by Gasteiger charge is -2.01. The molecule has 3 aromatic rings. The van der Waals surface area contributed by atoms with Crippen molar-refractivity contribution < 1.29 is 4.39 Å². The van der Waals surface area contributed by atoms with Gasteiger partial charge in [0.05, 0.1) is 6.21 Å². The number of hydrogen-bond acceptors (Lipinski definition) is 3. The largest absolute Gasteiger partial charge is 0.250 e. The van der Waals surface area contributed by atoms with E-state index in [0.717, 1.165) is 11.1 Å². The summed E-state index contributed by atoms with van der Waals surface area (Å²) in [6.45, 7) is 2.01. The van der Waals surface area contributed by atoms with E-state index in [-0.39, 0.29) is 5.82 Å². The van der Waals surface area contributed by atoms with Gasteiger partial charge in [0.15, 0.2) is 5.82 Å². The Morgan fingerprint density at radius 1 is 1.23 bits per heavy atom. The Labute approximate surface area is 131 Å². The Hall–Kier alpha value is -2.60.